The first-order chi connectivity index (χ1) is 13.9. The Morgan fingerprint density at radius 1 is 0.933 bits per heavy atom. The summed E-state index contributed by atoms with van der Waals surface area (Å²) in [6.45, 7) is 13.1. The van der Waals surface area contributed by atoms with Gasteiger partial charge in [0.25, 0.3) is 0 Å². The Labute approximate surface area is 181 Å². The summed E-state index contributed by atoms with van der Waals surface area (Å²) in [5.41, 5.74) is 11.1. The SMILES string of the molecule is CC1(C)CC=C(c2cc(C3C[C@@]4(C)O[C@@](C)(C3)[C@@H]3OC(C)(C)O[C@@H]34)ccc2N)CC1. The predicted molar refractivity (Wildman–Crippen MR) is 120 cm³/mol. The Bertz CT molecular complexity index is 876. The van der Waals surface area contributed by atoms with Crippen LogP contribution in [0.4, 0.5) is 5.69 Å². The minimum Gasteiger partial charge on any atom is -0.398 e. The van der Waals surface area contributed by atoms with Crippen LogP contribution in [-0.4, -0.2) is 29.2 Å². The van der Waals surface area contributed by atoms with Crippen LogP contribution in [-0.2, 0) is 14.2 Å². The first kappa shape index (κ1) is 20.5. The van der Waals surface area contributed by atoms with Crippen LogP contribution >= 0.6 is 0 Å². The van der Waals surface area contributed by atoms with Crippen LogP contribution in [0.3, 0.4) is 0 Å². The number of nitrogens with two attached hydrogens (primary N) is 1. The molecule has 2 N–H and O–H groups in total. The first-order valence-electron chi connectivity index (χ1n) is 11.5. The number of benzene rings is 1. The van der Waals surface area contributed by atoms with Gasteiger partial charge in [-0.25, -0.2) is 0 Å². The van der Waals surface area contributed by atoms with Crippen molar-refractivity contribution in [3.05, 3.63) is 35.4 Å². The highest BCUT2D eigenvalue weighted by atomic mass is 16.8. The molecule has 5 rings (SSSR count). The number of hydrogen-bond donors (Lipinski definition) is 1. The van der Waals surface area contributed by atoms with Crippen molar-refractivity contribution < 1.29 is 14.2 Å². The molecule has 1 aromatic carbocycles. The van der Waals surface area contributed by atoms with Crippen molar-refractivity contribution in [3.63, 3.8) is 0 Å². The number of rotatable bonds is 2. The standard InChI is InChI=1S/C26H37NO3/c1-23(2)11-9-16(10-12-23)19-13-17(7-8-20(19)27)18-14-25(5)21-22(26(6,15-18)30-25)29-24(3,4)28-21/h7-9,13,18,21-22H,10-12,14-15,27H2,1-6H3/t18?,21-,22+,25+,26-. The van der Waals surface area contributed by atoms with E-state index in [2.05, 4.69) is 52.0 Å². The van der Waals surface area contributed by atoms with E-state index in [9.17, 15) is 0 Å². The van der Waals surface area contributed by atoms with E-state index in [1.54, 1.807) is 0 Å². The van der Waals surface area contributed by atoms with Gasteiger partial charge in [0.15, 0.2) is 5.79 Å². The van der Waals surface area contributed by atoms with Crippen molar-refractivity contribution in [3.8, 4) is 0 Å². The van der Waals surface area contributed by atoms with E-state index in [4.69, 9.17) is 19.9 Å². The van der Waals surface area contributed by atoms with Crippen LogP contribution in [0.25, 0.3) is 5.57 Å². The fraction of sp³-hybridized carbons (Fsp3) is 0.692. The lowest BCUT2D eigenvalue weighted by atomic mass is 9.75. The fourth-order valence-electron chi connectivity index (χ4n) is 6.33. The highest BCUT2D eigenvalue weighted by molar-refractivity contribution is 5.76. The number of fused-ring (bicyclic) bond motifs is 5. The molecular weight excluding hydrogens is 374 g/mol. The summed E-state index contributed by atoms with van der Waals surface area (Å²) in [7, 11) is 0. The predicted octanol–water partition coefficient (Wildman–Crippen LogP) is 5.81. The van der Waals surface area contributed by atoms with Crippen LogP contribution in [0.2, 0.25) is 0 Å². The van der Waals surface area contributed by atoms with E-state index in [1.807, 2.05) is 13.8 Å². The van der Waals surface area contributed by atoms with E-state index in [1.165, 1.54) is 23.1 Å². The Hall–Kier alpha value is -1.36. The summed E-state index contributed by atoms with van der Waals surface area (Å²) in [4.78, 5) is 0. The molecule has 0 saturated carbocycles. The smallest absolute Gasteiger partial charge is 0.164 e. The largest absolute Gasteiger partial charge is 0.398 e. The average Bonchev–Trinajstić information content (AvgIpc) is 3.05. The first-order valence-corrected chi connectivity index (χ1v) is 11.5. The molecule has 5 atom stereocenters. The minimum absolute atomic E-state index is 0.0148. The minimum atomic E-state index is -0.538. The molecule has 4 aliphatic rings. The van der Waals surface area contributed by atoms with Gasteiger partial charge in [0.1, 0.15) is 12.2 Å². The van der Waals surface area contributed by atoms with E-state index < -0.39 is 5.79 Å². The Balaban J connectivity index is 1.45. The third-order valence-corrected chi connectivity index (χ3v) is 7.94. The molecule has 4 heteroatoms. The summed E-state index contributed by atoms with van der Waals surface area (Å²) in [5.74, 6) is -0.126. The van der Waals surface area contributed by atoms with E-state index >= 15 is 0 Å². The van der Waals surface area contributed by atoms with Gasteiger partial charge in [0.05, 0.1) is 11.2 Å². The van der Waals surface area contributed by atoms with Gasteiger partial charge in [0.2, 0.25) is 0 Å². The van der Waals surface area contributed by atoms with Crippen molar-refractivity contribution in [2.45, 2.75) is 109 Å². The molecule has 3 saturated heterocycles. The van der Waals surface area contributed by atoms with Gasteiger partial charge in [-0.2, -0.15) is 0 Å². The summed E-state index contributed by atoms with van der Waals surface area (Å²) < 4.78 is 19.2. The topological polar surface area (TPSA) is 53.7 Å². The molecule has 0 amide bonds. The molecule has 4 nitrogen and oxygen atoms in total. The van der Waals surface area contributed by atoms with Crippen LogP contribution in [0, 0.1) is 5.41 Å². The quantitative estimate of drug-likeness (QED) is 0.624. The Morgan fingerprint density at radius 3 is 2.13 bits per heavy atom. The molecule has 1 unspecified atom stereocenters. The monoisotopic (exact) mass is 411 g/mol. The molecule has 0 aromatic heterocycles. The Morgan fingerprint density at radius 2 is 1.57 bits per heavy atom. The molecule has 1 aromatic rings. The zero-order valence-electron chi connectivity index (χ0n) is 19.4. The lowest BCUT2D eigenvalue weighted by molar-refractivity contribution is -0.242. The van der Waals surface area contributed by atoms with E-state index in [-0.39, 0.29) is 23.4 Å². The summed E-state index contributed by atoms with van der Waals surface area (Å²) in [6, 6.07) is 6.67. The van der Waals surface area contributed by atoms with Crippen molar-refractivity contribution in [1.82, 2.24) is 0 Å². The number of nitrogen functional groups attached to an aromatic ring is 1. The van der Waals surface area contributed by atoms with Crippen molar-refractivity contribution in [2.75, 3.05) is 5.73 Å². The number of hydrogen-bond acceptors (Lipinski definition) is 4. The second-order valence-electron chi connectivity index (χ2n) is 11.8. The van der Waals surface area contributed by atoms with Gasteiger partial charge in [-0.3, -0.25) is 0 Å². The molecule has 1 aliphatic carbocycles. The van der Waals surface area contributed by atoms with Gasteiger partial charge in [-0.05, 0) is 94.4 Å². The molecule has 3 aliphatic heterocycles. The molecule has 3 heterocycles. The maximum Gasteiger partial charge on any atom is 0.164 e. The van der Waals surface area contributed by atoms with E-state index in [0.29, 0.717) is 11.3 Å². The van der Waals surface area contributed by atoms with Gasteiger partial charge in [0, 0.05) is 11.3 Å². The maximum atomic E-state index is 6.59. The summed E-state index contributed by atoms with van der Waals surface area (Å²) >= 11 is 0. The third kappa shape index (κ3) is 3.23. The number of allylic oxidation sites excluding steroid dienone is 2. The molecule has 0 spiro atoms. The van der Waals surface area contributed by atoms with Crippen LogP contribution in [0.15, 0.2) is 24.3 Å². The van der Waals surface area contributed by atoms with Gasteiger partial charge >= 0.3 is 0 Å². The number of ether oxygens (including phenoxy) is 3. The summed E-state index contributed by atoms with van der Waals surface area (Å²) in [6.07, 6.45) is 7.70. The zero-order valence-corrected chi connectivity index (χ0v) is 19.4. The van der Waals surface area contributed by atoms with Gasteiger partial charge in [-0.15, -0.1) is 0 Å². The fourth-order valence-corrected chi connectivity index (χ4v) is 6.33. The second kappa shape index (κ2) is 6.34. The third-order valence-electron chi connectivity index (χ3n) is 7.94. The summed E-state index contributed by atoms with van der Waals surface area (Å²) in [5, 5.41) is 0. The Kier molecular flexibility index (Phi) is 4.34. The van der Waals surface area contributed by atoms with Crippen molar-refractivity contribution >= 4 is 11.3 Å². The normalized spacial score (nSPS) is 41.4. The lowest BCUT2D eigenvalue weighted by Crippen LogP contribution is -2.46. The molecule has 2 bridgehead atoms. The zero-order chi connectivity index (χ0) is 21.5. The van der Waals surface area contributed by atoms with Crippen LogP contribution in [0.1, 0.15) is 90.7 Å². The highest BCUT2D eigenvalue weighted by Crippen LogP contribution is 2.58. The molecule has 3 fully saturated rings. The van der Waals surface area contributed by atoms with Crippen LogP contribution in [0.5, 0.6) is 0 Å². The maximum absolute atomic E-state index is 6.59. The van der Waals surface area contributed by atoms with Crippen molar-refractivity contribution in [1.29, 1.82) is 0 Å². The molecule has 0 radical (unpaired) electrons. The molecular formula is C26H37NO3. The second-order valence-corrected chi connectivity index (χ2v) is 11.8. The molecule has 30 heavy (non-hydrogen) atoms. The van der Waals surface area contributed by atoms with Gasteiger partial charge in [-0.1, -0.05) is 26.0 Å². The number of anilines is 1. The highest BCUT2D eigenvalue weighted by Gasteiger charge is 2.68. The van der Waals surface area contributed by atoms with Crippen molar-refractivity contribution in [2.24, 2.45) is 5.41 Å². The van der Waals surface area contributed by atoms with Crippen LogP contribution < -0.4 is 5.73 Å². The average molecular weight is 412 g/mol. The van der Waals surface area contributed by atoms with E-state index in [0.717, 1.165) is 31.4 Å². The van der Waals surface area contributed by atoms with Gasteiger partial charge < -0.3 is 19.9 Å². The lowest BCUT2D eigenvalue weighted by Gasteiger charge is -2.43. The molecule has 164 valence electrons.